The molecule has 21 heavy (non-hydrogen) atoms. The lowest BCUT2D eigenvalue weighted by Crippen LogP contribution is -2.36. The fourth-order valence-corrected chi connectivity index (χ4v) is 1.54. The van der Waals surface area contributed by atoms with Gasteiger partial charge in [0.15, 0.2) is 0 Å². The minimum atomic E-state index is -0.407. The standard InChI is InChI=1S/C14H20N4O3/c1-9(2)17-14(21)10-4-3-5-11(6-10)18-13(20)8-16-12(19)7-15/h3-6,9H,7-8,15H2,1-2H3,(H,16,19)(H,17,21)(H,18,20). The molecule has 5 N–H and O–H groups in total. The molecule has 3 amide bonds. The van der Waals surface area contributed by atoms with Gasteiger partial charge in [-0.15, -0.1) is 0 Å². The Morgan fingerprint density at radius 1 is 1.19 bits per heavy atom. The summed E-state index contributed by atoms with van der Waals surface area (Å²) in [5, 5.41) is 7.72. The molecule has 1 aromatic carbocycles. The zero-order chi connectivity index (χ0) is 15.8. The van der Waals surface area contributed by atoms with Gasteiger partial charge in [0.2, 0.25) is 11.8 Å². The van der Waals surface area contributed by atoms with Crippen LogP contribution in [0.2, 0.25) is 0 Å². The highest BCUT2D eigenvalue weighted by Crippen LogP contribution is 2.10. The Labute approximate surface area is 123 Å². The number of carbonyl (C=O) groups is 3. The van der Waals surface area contributed by atoms with Gasteiger partial charge in [-0.2, -0.15) is 0 Å². The molecule has 1 rings (SSSR count). The Morgan fingerprint density at radius 2 is 1.90 bits per heavy atom. The van der Waals surface area contributed by atoms with Gasteiger partial charge in [-0.25, -0.2) is 0 Å². The van der Waals surface area contributed by atoms with Crippen molar-refractivity contribution in [3.8, 4) is 0 Å². The van der Waals surface area contributed by atoms with E-state index >= 15 is 0 Å². The maximum Gasteiger partial charge on any atom is 0.251 e. The van der Waals surface area contributed by atoms with Crippen molar-refractivity contribution in [3.05, 3.63) is 29.8 Å². The van der Waals surface area contributed by atoms with Gasteiger partial charge in [0.25, 0.3) is 5.91 Å². The maximum absolute atomic E-state index is 11.9. The van der Waals surface area contributed by atoms with Gasteiger partial charge in [0.05, 0.1) is 13.1 Å². The summed E-state index contributed by atoms with van der Waals surface area (Å²) in [5.41, 5.74) is 6.05. The molecule has 0 saturated carbocycles. The monoisotopic (exact) mass is 292 g/mol. The first kappa shape index (κ1) is 16.6. The maximum atomic E-state index is 11.9. The number of rotatable bonds is 6. The summed E-state index contributed by atoms with van der Waals surface area (Å²) >= 11 is 0. The average molecular weight is 292 g/mol. The third kappa shape index (κ3) is 6.05. The summed E-state index contributed by atoms with van der Waals surface area (Å²) < 4.78 is 0. The fraction of sp³-hybridized carbons (Fsp3) is 0.357. The van der Waals surface area contributed by atoms with Gasteiger partial charge < -0.3 is 21.7 Å². The predicted octanol–water partition coefficient (Wildman–Crippen LogP) is -0.162. The van der Waals surface area contributed by atoms with E-state index in [1.807, 2.05) is 13.8 Å². The molecule has 0 unspecified atom stereocenters. The minimum Gasteiger partial charge on any atom is -0.350 e. The lowest BCUT2D eigenvalue weighted by Gasteiger charge is -2.10. The Bertz CT molecular complexity index is 529. The highest BCUT2D eigenvalue weighted by atomic mass is 16.2. The summed E-state index contributed by atoms with van der Waals surface area (Å²) in [6.45, 7) is 3.39. The molecule has 0 aromatic heterocycles. The molecular formula is C14H20N4O3. The molecular weight excluding hydrogens is 272 g/mol. The lowest BCUT2D eigenvalue weighted by atomic mass is 10.1. The van der Waals surface area contributed by atoms with Gasteiger partial charge in [-0.3, -0.25) is 14.4 Å². The quantitative estimate of drug-likeness (QED) is 0.583. The molecule has 1 aromatic rings. The van der Waals surface area contributed by atoms with Crippen LogP contribution in [-0.2, 0) is 9.59 Å². The Balaban J connectivity index is 2.62. The number of carbonyl (C=O) groups excluding carboxylic acids is 3. The molecule has 0 spiro atoms. The Morgan fingerprint density at radius 3 is 2.52 bits per heavy atom. The molecule has 7 nitrogen and oxygen atoms in total. The van der Waals surface area contributed by atoms with E-state index in [0.29, 0.717) is 11.3 Å². The zero-order valence-electron chi connectivity index (χ0n) is 12.1. The highest BCUT2D eigenvalue weighted by Gasteiger charge is 2.09. The summed E-state index contributed by atoms with van der Waals surface area (Å²) in [4.78, 5) is 34.4. The van der Waals surface area contributed by atoms with Crippen LogP contribution in [0.3, 0.4) is 0 Å². The van der Waals surface area contributed by atoms with Crippen molar-refractivity contribution in [1.82, 2.24) is 10.6 Å². The minimum absolute atomic E-state index is 0.0298. The van der Waals surface area contributed by atoms with E-state index in [9.17, 15) is 14.4 Å². The second-order valence-corrected chi connectivity index (χ2v) is 4.74. The second-order valence-electron chi connectivity index (χ2n) is 4.74. The van der Waals surface area contributed by atoms with E-state index in [-0.39, 0.29) is 25.0 Å². The Hall–Kier alpha value is -2.41. The number of nitrogens with one attached hydrogen (secondary N) is 3. The van der Waals surface area contributed by atoms with Crippen LogP contribution >= 0.6 is 0 Å². The van der Waals surface area contributed by atoms with Crippen molar-refractivity contribution in [1.29, 1.82) is 0 Å². The molecule has 0 aliphatic heterocycles. The van der Waals surface area contributed by atoms with E-state index in [1.54, 1.807) is 24.3 Å². The van der Waals surface area contributed by atoms with Crippen LogP contribution in [0.25, 0.3) is 0 Å². The summed E-state index contributed by atoms with van der Waals surface area (Å²) in [7, 11) is 0. The van der Waals surface area contributed by atoms with Crippen molar-refractivity contribution in [3.63, 3.8) is 0 Å². The van der Waals surface area contributed by atoms with Crippen molar-refractivity contribution >= 4 is 23.4 Å². The van der Waals surface area contributed by atoms with Gasteiger partial charge in [0.1, 0.15) is 0 Å². The van der Waals surface area contributed by atoms with Crippen LogP contribution in [0.4, 0.5) is 5.69 Å². The molecule has 0 radical (unpaired) electrons. The fourth-order valence-electron chi connectivity index (χ4n) is 1.54. The average Bonchev–Trinajstić information content (AvgIpc) is 2.44. The largest absolute Gasteiger partial charge is 0.350 e. The second kappa shape index (κ2) is 8.01. The van der Waals surface area contributed by atoms with Crippen molar-refractivity contribution < 1.29 is 14.4 Å². The number of anilines is 1. The third-order valence-corrected chi connectivity index (χ3v) is 2.46. The van der Waals surface area contributed by atoms with E-state index in [2.05, 4.69) is 16.0 Å². The van der Waals surface area contributed by atoms with E-state index < -0.39 is 11.8 Å². The molecule has 0 heterocycles. The number of benzene rings is 1. The van der Waals surface area contributed by atoms with Crippen molar-refractivity contribution in [2.45, 2.75) is 19.9 Å². The lowest BCUT2D eigenvalue weighted by molar-refractivity contribution is -0.123. The van der Waals surface area contributed by atoms with Crippen LogP contribution in [0.15, 0.2) is 24.3 Å². The number of hydrogen-bond acceptors (Lipinski definition) is 4. The first-order valence-electron chi connectivity index (χ1n) is 6.60. The van der Waals surface area contributed by atoms with Gasteiger partial charge in [-0.1, -0.05) is 6.07 Å². The summed E-state index contributed by atoms with van der Waals surface area (Å²) in [6, 6.07) is 6.59. The van der Waals surface area contributed by atoms with Crippen molar-refractivity contribution in [2.75, 3.05) is 18.4 Å². The van der Waals surface area contributed by atoms with Gasteiger partial charge >= 0.3 is 0 Å². The Kier molecular flexibility index (Phi) is 6.35. The van der Waals surface area contributed by atoms with E-state index in [0.717, 1.165) is 0 Å². The molecule has 0 fully saturated rings. The van der Waals surface area contributed by atoms with E-state index in [4.69, 9.17) is 5.73 Å². The molecule has 0 atom stereocenters. The molecule has 0 aliphatic carbocycles. The first-order chi connectivity index (χ1) is 9.92. The summed E-state index contributed by atoms with van der Waals surface area (Å²) in [5.74, 6) is -1.01. The van der Waals surface area contributed by atoms with Gasteiger partial charge in [0, 0.05) is 17.3 Å². The normalized spacial score (nSPS) is 10.1. The van der Waals surface area contributed by atoms with Crippen LogP contribution in [0.5, 0.6) is 0 Å². The van der Waals surface area contributed by atoms with Crippen molar-refractivity contribution in [2.24, 2.45) is 5.73 Å². The van der Waals surface area contributed by atoms with Crippen LogP contribution in [0.1, 0.15) is 24.2 Å². The number of amides is 3. The third-order valence-electron chi connectivity index (χ3n) is 2.46. The number of nitrogens with two attached hydrogens (primary N) is 1. The first-order valence-corrected chi connectivity index (χ1v) is 6.60. The van der Waals surface area contributed by atoms with Crippen LogP contribution < -0.4 is 21.7 Å². The predicted molar refractivity (Wildman–Crippen MR) is 79.7 cm³/mol. The van der Waals surface area contributed by atoms with Gasteiger partial charge in [-0.05, 0) is 32.0 Å². The smallest absolute Gasteiger partial charge is 0.251 e. The zero-order valence-corrected chi connectivity index (χ0v) is 12.1. The molecule has 0 bridgehead atoms. The number of hydrogen-bond donors (Lipinski definition) is 4. The van der Waals surface area contributed by atoms with Crippen LogP contribution in [0, 0.1) is 0 Å². The SMILES string of the molecule is CC(C)NC(=O)c1cccc(NC(=O)CNC(=O)CN)c1. The summed E-state index contributed by atoms with van der Waals surface area (Å²) in [6.07, 6.45) is 0. The molecule has 0 aliphatic rings. The molecule has 114 valence electrons. The molecule has 7 heteroatoms. The van der Waals surface area contributed by atoms with Crippen LogP contribution in [-0.4, -0.2) is 36.9 Å². The highest BCUT2D eigenvalue weighted by molar-refractivity contribution is 5.98. The topological polar surface area (TPSA) is 113 Å². The van der Waals surface area contributed by atoms with E-state index in [1.165, 1.54) is 0 Å². The molecule has 0 saturated heterocycles.